The number of aromatic nitrogens is 1. The van der Waals surface area contributed by atoms with Gasteiger partial charge >= 0.3 is 0 Å². The average Bonchev–Trinajstić information content (AvgIpc) is 3.78. The van der Waals surface area contributed by atoms with Crippen molar-refractivity contribution in [3.05, 3.63) is 152 Å². The quantitative estimate of drug-likeness (QED) is 0.188. The Morgan fingerprint density at radius 3 is 1.64 bits per heavy atom. The van der Waals surface area contributed by atoms with E-state index in [1.807, 2.05) is 22.7 Å². The average molecular weight is 608 g/mol. The van der Waals surface area contributed by atoms with Gasteiger partial charge in [-0.3, -0.25) is 0 Å². The Kier molecular flexibility index (Phi) is 5.39. The van der Waals surface area contributed by atoms with Gasteiger partial charge in [0.2, 0.25) is 0 Å². The van der Waals surface area contributed by atoms with E-state index >= 15 is 0 Å². The summed E-state index contributed by atoms with van der Waals surface area (Å²) in [6.45, 7) is 0. The minimum absolute atomic E-state index is 1.17. The first kappa shape index (κ1) is 25.1. The van der Waals surface area contributed by atoms with E-state index in [4.69, 9.17) is 0 Å². The van der Waals surface area contributed by atoms with Crippen LogP contribution in [0.3, 0.4) is 0 Å². The fourth-order valence-corrected chi connectivity index (χ4v) is 9.71. The zero-order valence-electron chi connectivity index (χ0n) is 24.2. The zero-order valence-corrected chi connectivity index (χ0v) is 25.8. The lowest BCUT2D eigenvalue weighted by Crippen LogP contribution is -1.95. The lowest BCUT2D eigenvalue weighted by molar-refractivity contribution is 1.18. The predicted octanol–water partition coefficient (Wildman–Crippen LogP) is 12.9. The number of rotatable bonds is 3. The van der Waals surface area contributed by atoms with E-state index in [1.54, 1.807) is 0 Å². The second kappa shape index (κ2) is 9.64. The highest BCUT2D eigenvalue weighted by Gasteiger charge is 2.21. The second-order valence-electron chi connectivity index (χ2n) is 11.7. The van der Waals surface area contributed by atoms with Gasteiger partial charge in [-0.1, -0.05) is 109 Å². The first-order valence-corrected chi connectivity index (χ1v) is 16.9. The van der Waals surface area contributed by atoms with E-state index in [1.165, 1.54) is 90.1 Å². The standard InChI is InChI=1S/C42H25NS2/c1-2-12-27(13-3-1)43-37-21-7-4-14-29(37)35-24-26(28-17-10-18-32-30-15-5-8-22-38(30)44-41(28)32)25-36(40(35)43)34-20-11-19-33-31-16-6-9-23-39(31)45-42(33)34/h1-25H. The van der Waals surface area contributed by atoms with Crippen molar-refractivity contribution in [1.29, 1.82) is 0 Å². The summed E-state index contributed by atoms with van der Waals surface area (Å²) < 4.78 is 7.80. The Balaban J connectivity index is 1.39. The molecule has 10 aromatic rings. The van der Waals surface area contributed by atoms with E-state index in [0.717, 1.165) is 0 Å². The Bertz CT molecular complexity index is 2760. The lowest BCUT2D eigenvalue weighted by atomic mass is 9.94. The van der Waals surface area contributed by atoms with Crippen LogP contribution < -0.4 is 0 Å². The lowest BCUT2D eigenvalue weighted by Gasteiger charge is -2.15. The van der Waals surface area contributed by atoms with Crippen LogP contribution in [0.25, 0.3) is 90.1 Å². The largest absolute Gasteiger partial charge is 0.309 e. The van der Waals surface area contributed by atoms with Crippen molar-refractivity contribution in [3.8, 4) is 27.9 Å². The molecule has 0 N–H and O–H groups in total. The van der Waals surface area contributed by atoms with Crippen molar-refractivity contribution in [3.63, 3.8) is 0 Å². The Morgan fingerprint density at radius 2 is 0.933 bits per heavy atom. The van der Waals surface area contributed by atoms with E-state index < -0.39 is 0 Å². The molecule has 3 heterocycles. The van der Waals surface area contributed by atoms with Gasteiger partial charge in [0.15, 0.2) is 0 Å². The van der Waals surface area contributed by atoms with E-state index in [-0.39, 0.29) is 0 Å². The number of para-hydroxylation sites is 2. The van der Waals surface area contributed by atoms with Crippen LogP contribution in [0.1, 0.15) is 0 Å². The topological polar surface area (TPSA) is 4.93 Å². The summed E-state index contributed by atoms with van der Waals surface area (Å²) >= 11 is 3.80. The summed E-state index contributed by atoms with van der Waals surface area (Å²) in [6.07, 6.45) is 0. The molecule has 0 fully saturated rings. The van der Waals surface area contributed by atoms with E-state index in [2.05, 4.69) is 156 Å². The highest BCUT2D eigenvalue weighted by Crippen LogP contribution is 2.47. The van der Waals surface area contributed by atoms with Crippen LogP contribution in [0, 0.1) is 0 Å². The van der Waals surface area contributed by atoms with Crippen molar-refractivity contribution < 1.29 is 0 Å². The van der Waals surface area contributed by atoms with Crippen molar-refractivity contribution in [2.45, 2.75) is 0 Å². The van der Waals surface area contributed by atoms with Crippen LogP contribution in [0.5, 0.6) is 0 Å². The predicted molar refractivity (Wildman–Crippen MR) is 197 cm³/mol. The molecule has 0 aliphatic heterocycles. The number of hydrogen-bond donors (Lipinski definition) is 0. The summed E-state index contributed by atoms with van der Waals surface area (Å²) in [5, 5.41) is 7.85. The Labute approximate surface area is 267 Å². The fourth-order valence-electron chi connectivity index (χ4n) is 7.24. The van der Waals surface area contributed by atoms with Crippen LogP contribution in [-0.4, -0.2) is 4.57 Å². The van der Waals surface area contributed by atoms with Crippen molar-refractivity contribution in [1.82, 2.24) is 4.57 Å². The molecule has 3 heteroatoms. The number of benzene rings is 7. The number of fused-ring (bicyclic) bond motifs is 9. The molecule has 10 rings (SSSR count). The molecule has 0 saturated carbocycles. The summed E-state index contributed by atoms with van der Waals surface area (Å²) in [7, 11) is 0. The number of hydrogen-bond acceptors (Lipinski definition) is 2. The molecular formula is C42H25NS2. The summed E-state index contributed by atoms with van der Waals surface area (Å²) in [6, 6.07) is 55.8. The van der Waals surface area contributed by atoms with Crippen molar-refractivity contribution >= 4 is 84.8 Å². The molecule has 0 saturated heterocycles. The van der Waals surface area contributed by atoms with Crippen LogP contribution in [-0.2, 0) is 0 Å². The highest BCUT2D eigenvalue weighted by molar-refractivity contribution is 7.26. The number of nitrogens with zero attached hydrogens (tertiary/aromatic N) is 1. The van der Waals surface area contributed by atoms with Gasteiger partial charge in [0.05, 0.1) is 11.0 Å². The summed E-state index contributed by atoms with van der Waals surface area (Å²) in [4.78, 5) is 0. The molecule has 45 heavy (non-hydrogen) atoms. The number of thiophene rings is 2. The molecule has 0 bridgehead atoms. The van der Waals surface area contributed by atoms with Gasteiger partial charge in [0.25, 0.3) is 0 Å². The SMILES string of the molecule is c1ccc(-n2c3ccccc3c3cc(-c4cccc5c4sc4ccccc45)cc(-c4cccc5c4sc4ccccc45)c32)cc1. The first-order valence-electron chi connectivity index (χ1n) is 15.3. The van der Waals surface area contributed by atoms with Gasteiger partial charge in [0.1, 0.15) is 0 Å². The normalized spacial score (nSPS) is 12.0. The molecule has 1 nitrogen and oxygen atoms in total. The van der Waals surface area contributed by atoms with E-state index in [9.17, 15) is 0 Å². The third kappa shape index (κ3) is 3.66. The molecule has 7 aromatic carbocycles. The Hall–Kier alpha value is -5.22. The molecule has 0 unspecified atom stereocenters. The highest BCUT2D eigenvalue weighted by atomic mass is 32.1. The zero-order chi connectivity index (χ0) is 29.5. The van der Waals surface area contributed by atoms with Crippen LogP contribution in [0.4, 0.5) is 0 Å². The molecular weight excluding hydrogens is 583 g/mol. The van der Waals surface area contributed by atoms with Crippen LogP contribution >= 0.6 is 22.7 Å². The minimum Gasteiger partial charge on any atom is -0.309 e. The summed E-state index contributed by atoms with van der Waals surface area (Å²) in [5.74, 6) is 0. The third-order valence-corrected chi connectivity index (χ3v) is 11.6. The fraction of sp³-hybridized carbons (Fsp3) is 0. The first-order chi connectivity index (χ1) is 22.3. The maximum absolute atomic E-state index is 2.47. The Morgan fingerprint density at radius 1 is 0.378 bits per heavy atom. The van der Waals surface area contributed by atoms with Gasteiger partial charge in [0, 0.05) is 67.9 Å². The third-order valence-electron chi connectivity index (χ3n) is 9.19. The molecule has 0 aliphatic carbocycles. The minimum atomic E-state index is 1.17. The van der Waals surface area contributed by atoms with Crippen molar-refractivity contribution in [2.24, 2.45) is 0 Å². The van der Waals surface area contributed by atoms with E-state index in [0.29, 0.717) is 0 Å². The second-order valence-corrected chi connectivity index (χ2v) is 13.8. The molecule has 0 radical (unpaired) electrons. The maximum Gasteiger partial charge on any atom is 0.0620 e. The molecule has 0 amide bonds. The smallest absolute Gasteiger partial charge is 0.0620 e. The van der Waals surface area contributed by atoms with Crippen LogP contribution in [0.15, 0.2) is 152 Å². The molecule has 0 spiro atoms. The van der Waals surface area contributed by atoms with Gasteiger partial charge in [-0.05, 0) is 53.6 Å². The van der Waals surface area contributed by atoms with Gasteiger partial charge in [-0.2, -0.15) is 0 Å². The van der Waals surface area contributed by atoms with Gasteiger partial charge in [-0.25, -0.2) is 0 Å². The van der Waals surface area contributed by atoms with Gasteiger partial charge < -0.3 is 4.57 Å². The monoisotopic (exact) mass is 607 g/mol. The molecule has 3 aromatic heterocycles. The molecule has 210 valence electrons. The summed E-state index contributed by atoms with van der Waals surface area (Å²) in [5.41, 5.74) is 8.73. The van der Waals surface area contributed by atoms with Gasteiger partial charge in [-0.15, -0.1) is 22.7 Å². The molecule has 0 atom stereocenters. The van der Waals surface area contributed by atoms with Crippen LogP contribution in [0.2, 0.25) is 0 Å². The maximum atomic E-state index is 2.47. The molecule has 0 aliphatic rings. The van der Waals surface area contributed by atoms with Crippen molar-refractivity contribution in [2.75, 3.05) is 0 Å².